The highest BCUT2D eigenvalue weighted by molar-refractivity contribution is 14.2. The first kappa shape index (κ1) is 26.1. The van der Waals surface area contributed by atoms with Crippen LogP contribution in [-0.4, -0.2) is 70.4 Å². The van der Waals surface area contributed by atoms with Crippen LogP contribution in [0.3, 0.4) is 0 Å². The Morgan fingerprint density at radius 2 is 2.14 bits per heavy atom. The second-order valence-electron chi connectivity index (χ2n) is 9.11. The largest absolute Gasteiger partial charge is 0.476 e. The van der Waals surface area contributed by atoms with E-state index in [4.69, 9.17) is 14.8 Å². The molecule has 2 N–H and O–H groups in total. The average Bonchev–Trinajstić information content (AvgIpc) is 3.50. The van der Waals surface area contributed by atoms with Gasteiger partial charge in [-0.1, -0.05) is 6.92 Å². The summed E-state index contributed by atoms with van der Waals surface area (Å²) in [5.41, 5.74) is 5.33. The van der Waals surface area contributed by atoms with Crippen molar-refractivity contribution < 1.29 is 9.84 Å². The lowest BCUT2D eigenvalue weighted by molar-refractivity contribution is 0.189. The number of fused-ring (bicyclic) bond motifs is 4. The van der Waals surface area contributed by atoms with Crippen LogP contribution in [0.25, 0.3) is 34.3 Å². The number of aliphatic hydroxyl groups is 1. The minimum Gasteiger partial charge on any atom is -0.476 e. The van der Waals surface area contributed by atoms with Crippen molar-refractivity contribution in [3.8, 4) is 17.1 Å². The highest BCUT2D eigenvalue weighted by Crippen LogP contribution is 2.36. The van der Waals surface area contributed by atoms with Gasteiger partial charge in [0.25, 0.3) is 5.56 Å². The van der Waals surface area contributed by atoms with E-state index in [2.05, 4.69) is 44.1 Å². The van der Waals surface area contributed by atoms with E-state index in [1.54, 1.807) is 9.36 Å². The van der Waals surface area contributed by atoms with E-state index in [9.17, 15) is 9.90 Å². The lowest BCUT2D eigenvalue weighted by Gasteiger charge is -2.23. The van der Waals surface area contributed by atoms with Crippen molar-refractivity contribution in [2.75, 3.05) is 26.3 Å². The second kappa shape index (κ2) is 10.7. The van der Waals surface area contributed by atoms with Crippen molar-refractivity contribution in [2.45, 2.75) is 33.4 Å². The van der Waals surface area contributed by atoms with E-state index < -0.39 is 0 Å². The molecule has 11 nitrogen and oxygen atoms in total. The van der Waals surface area contributed by atoms with Crippen LogP contribution in [0.2, 0.25) is 0 Å². The first-order valence-corrected chi connectivity index (χ1v) is 16.2. The van der Waals surface area contributed by atoms with E-state index in [-0.39, 0.29) is 18.2 Å². The van der Waals surface area contributed by atoms with Crippen molar-refractivity contribution in [2.24, 2.45) is 7.05 Å². The highest BCUT2D eigenvalue weighted by Gasteiger charge is 2.23. The fourth-order valence-corrected chi connectivity index (χ4v) is 6.26. The fraction of sp³-hybridized carbons (Fsp3) is 0.417. The zero-order chi connectivity index (χ0) is 26.3. The van der Waals surface area contributed by atoms with Crippen molar-refractivity contribution >= 4 is 51.5 Å². The number of aromatic amines is 1. The van der Waals surface area contributed by atoms with Crippen LogP contribution in [0.5, 0.6) is 5.88 Å². The van der Waals surface area contributed by atoms with Crippen LogP contribution < -0.4 is 10.3 Å². The summed E-state index contributed by atoms with van der Waals surface area (Å²) >= 11 is 2.30. The van der Waals surface area contributed by atoms with Crippen LogP contribution in [0.15, 0.2) is 17.1 Å². The number of ether oxygens (including phenoxy) is 1. The minimum atomic E-state index is -0.268. The molecule has 2 atom stereocenters. The molecule has 2 unspecified atom stereocenters. The molecule has 0 aromatic carbocycles. The molecule has 0 spiro atoms. The third-order valence-corrected chi connectivity index (χ3v) is 8.62. The van der Waals surface area contributed by atoms with Gasteiger partial charge in [-0.25, -0.2) is 9.13 Å². The number of hydrogen-bond acceptors (Lipinski definition) is 7. The maximum atomic E-state index is 13.1. The molecular weight excluding hydrogens is 606 g/mol. The summed E-state index contributed by atoms with van der Waals surface area (Å²) in [6.07, 6.45) is 5.96. The van der Waals surface area contributed by atoms with E-state index in [1.165, 1.54) is 0 Å². The molecule has 4 aromatic rings. The zero-order valence-electron chi connectivity index (χ0n) is 21.2. The Balaban J connectivity index is 1.74. The van der Waals surface area contributed by atoms with Gasteiger partial charge in [0.05, 0.1) is 64.6 Å². The van der Waals surface area contributed by atoms with Gasteiger partial charge in [0.1, 0.15) is 6.61 Å². The third kappa shape index (κ3) is 4.75. The number of aliphatic hydroxyl groups excluding tert-OH is 1. The summed E-state index contributed by atoms with van der Waals surface area (Å²) in [7, 11) is 1.88. The number of nitrogens with one attached hydrogen (secondary N) is 1. The molecule has 196 valence electrons. The molecule has 1 aliphatic rings. The third-order valence-electron chi connectivity index (χ3n) is 6.75. The summed E-state index contributed by atoms with van der Waals surface area (Å²) < 4.78 is 11.8. The molecule has 4 aromatic heterocycles. The van der Waals surface area contributed by atoms with E-state index >= 15 is 0 Å². The SMILES string of the molecule is CCN1CCOc2c(c(C)nn2C)-c2cc3c(nn(PI)c3cn2)/C=C/c2c(n(C(C)CO)[nH]c2=O)C1. The highest BCUT2D eigenvalue weighted by atomic mass is 127. The first-order chi connectivity index (χ1) is 17.9. The fourth-order valence-electron chi connectivity index (χ4n) is 4.74. The number of pyridine rings is 1. The van der Waals surface area contributed by atoms with Gasteiger partial charge < -0.3 is 9.84 Å². The Hall–Kier alpha value is -2.54. The average molecular weight is 636 g/mol. The number of aryl methyl sites for hydroxylation is 2. The van der Waals surface area contributed by atoms with Crippen LogP contribution in [0, 0.1) is 6.92 Å². The van der Waals surface area contributed by atoms with Gasteiger partial charge in [0, 0.05) is 25.5 Å². The number of H-pyrrole nitrogens is 1. The number of halogens is 1. The standard InChI is InChI=1S/C24H30IN8O3P/c1-5-31-8-9-36-24-22(15(3)27-30(24)4)19-10-17-18(28-33(37-25)20(17)11-26-19)7-6-16-21(12-31)32(14(2)13-34)29-23(16)35/h6-7,10-11,14,34,37H,5,8-9,12-13H2,1-4H3,(H,29,35)/b7-6+. The van der Waals surface area contributed by atoms with Crippen LogP contribution in [-0.2, 0) is 13.6 Å². The summed E-state index contributed by atoms with van der Waals surface area (Å²) in [6, 6.07) is 1.75. The number of hydrogen-bond donors (Lipinski definition) is 2. The maximum Gasteiger partial charge on any atom is 0.271 e. The Labute approximate surface area is 228 Å². The minimum absolute atomic E-state index is 0.0833. The monoisotopic (exact) mass is 636 g/mol. The van der Waals surface area contributed by atoms with Crippen molar-refractivity contribution in [3.05, 3.63) is 45.3 Å². The Bertz CT molecular complexity index is 1540. The molecule has 2 bridgehead atoms. The molecule has 0 radical (unpaired) electrons. The van der Waals surface area contributed by atoms with Crippen LogP contribution >= 0.6 is 28.4 Å². The number of nitrogens with zero attached hydrogens (tertiary/aromatic N) is 7. The summed E-state index contributed by atoms with van der Waals surface area (Å²) in [5.74, 6) is 0.670. The molecule has 13 heteroatoms. The second-order valence-corrected chi connectivity index (χ2v) is 11.2. The lowest BCUT2D eigenvalue weighted by atomic mass is 10.1. The molecule has 0 amide bonds. The van der Waals surface area contributed by atoms with Gasteiger partial charge in [-0.15, -0.1) is 0 Å². The summed E-state index contributed by atoms with van der Waals surface area (Å²) in [5, 5.41) is 23.1. The quantitative estimate of drug-likeness (QED) is 0.261. The van der Waals surface area contributed by atoms with E-state index in [0.717, 1.165) is 45.8 Å². The van der Waals surface area contributed by atoms with Gasteiger partial charge in [0.15, 0.2) is 0 Å². The topological polar surface area (TPSA) is 119 Å². The van der Waals surface area contributed by atoms with Crippen molar-refractivity contribution in [1.82, 2.24) is 39.0 Å². The smallest absolute Gasteiger partial charge is 0.271 e. The van der Waals surface area contributed by atoms with Gasteiger partial charge in [0.2, 0.25) is 5.88 Å². The molecular formula is C24H30IN8O3P. The van der Waals surface area contributed by atoms with Gasteiger partial charge in [-0.05, 0) is 60.7 Å². The van der Waals surface area contributed by atoms with Crippen molar-refractivity contribution in [1.29, 1.82) is 0 Å². The zero-order valence-corrected chi connectivity index (χ0v) is 24.4. The molecule has 0 fully saturated rings. The Morgan fingerprint density at radius 1 is 1.32 bits per heavy atom. The summed E-state index contributed by atoms with van der Waals surface area (Å²) in [6.45, 7) is 8.21. The van der Waals surface area contributed by atoms with Gasteiger partial charge in [-0.2, -0.15) is 10.2 Å². The molecule has 37 heavy (non-hydrogen) atoms. The molecule has 0 aliphatic carbocycles. The Morgan fingerprint density at radius 3 is 2.86 bits per heavy atom. The molecule has 5 rings (SSSR count). The van der Waals surface area contributed by atoms with E-state index in [1.807, 2.05) is 49.8 Å². The molecule has 0 saturated heterocycles. The normalized spacial score (nSPS) is 16.5. The first-order valence-electron chi connectivity index (χ1n) is 12.1. The molecule has 5 heterocycles. The Kier molecular flexibility index (Phi) is 7.53. The van der Waals surface area contributed by atoms with Gasteiger partial charge >= 0.3 is 0 Å². The number of likely N-dealkylation sites (N-methyl/N-ethyl adjacent to an activating group) is 1. The summed E-state index contributed by atoms with van der Waals surface area (Å²) in [4.78, 5) is 20.0. The molecule has 1 aliphatic heterocycles. The lowest BCUT2D eigenvalue weighted by Crippen LogP contribution is -2.30. The van der Waals surface area contributed by atoms with Crippen molar-refractivity contribution in [3.63, 3.8) is 0 Å². The van der Waals surface area contributed by atoms with Crippen LogP contribution in [0.4, 0.5) is 0 Å². The predicted molar refractivity (Wildman–Crippen MR) is 154 cm³/mol. The predicted octanol–water partition coefficient (Wildman–Crippen LogP) is 3.36. The maximum absolute atomic E-state index is 13.1. The number of aromatic nitrogens is 7. The molecule has 0 saturated carbocycles. The van der Waals surface area contributed by atoms with Crippen LogP contribution in [0.1, 0.15) is 42.5 Å². The van der Waals surface area contributed by atoms with Gasteiger partial charge in [-0.3, -0.25) is 24.5 Å². The van der Waals surface area contributed by atoms with E-state index in [0.29, 0.717) is 37.5 Å². The number of rotatable bonds is 4.